The lowest BCUT2D eigenvalue weighted by Crippen LogP contribution is -2.13. The molecule has 0 spiro atoms. The third-order valence-electron chi connectivity index (χ3n) is 2.71. The van der Waals surface area contributed by atoms with E-state index in [1.165, 1.54) is 11.3 Å². The van der Waals surface area contributed by atoms with Gasteiger partial charge in [-0.25, -0.2) is 4.98 Å². The lowest BCUT2D eigenvalue weighted by Gasteiger charge is -2.17. The van der Waals surface area contributed by atoms with Crippen LogP contribution in [0.1, 0.15) is 23.5 Å². The van der Waals surface area contributed by atoms with Crippen molar-refractivity contribution in [2.75, 3.05) is 5.32 Å². The second-order valence-electron chi connectivity index (χ2n) is 4.22. The fourth-order valence-electron chi connectivity index (χ4n) is 1.75. The molecule has 112 valence electrons. The van der Waals surface area contributed by atoms with E-state index in [2.05, 4.69) is 10.3 Å². The number of hydrogen-bond donors (Lipinski definition) is 1. The van der Waals surface area contributed by atoms with Gasteiger partial charge in [-0.1, -0.05) is 0 Å². The number of nitrogens with one attached hydrogen (secondary N) is 1. The van der Waals surface area contributed by atoms with Crippen molar-refractivity contribution in [3.8, 4) is 0 Å². The maximum Gasteiger partial charge on any atom is 0.418 e. The number of anilines is 1. The highest BCUT2D eigenvalue weighted by molar-refractivity contribution is 7.09. The molecule has 0 bridgehead atoms. The summed E-state index contributed by atoms with van der Waals surface area (Å²) in [6.07, 6.45) is -3.13. The molecule has 1 heterocycles. The molecule has 0 aliphatic heterocycles. The van der Waals surface area contributed by atoms with E-state index in [1.807, 2.05) is 0 Å². The van der Waals surface area contributed by atoms with E-state index in [4.69, 9.17) is 0 Å². The van der Waals surface area contributed by atoms with Gasteiger partial charge in [0.05, 0.1) is 16.5 Å². The zero-order valence-corrected chi connectivity index (χ0v) is 11.5. The lowest BCUT2D eigenvalue weighted by atomic mass is 10.1. The molecule has 0 amide bonds. The molecule has 0 saturated carbocycles. The summed E-state index contributed by atoms with van der Waals surface area (Å²) >= 11 is 1.31. The van der Waals surface area contributed by atoms with E-state index in [0.717, 1.165) is 12.1 Å². The summed E-state index contributed by atoms with van der Waals surface area (Å²) in [4.78, 5) is 13.8. The van der Waals surface area contributed by atoms with E-state index in [-0.39, 0.29) is 5.69 Å². The van der Waals surface area contributed by atoms with Crippen LogP contribution in [0.4, 0.5) is 24.5 Å². The number of halogens is 3. The number of nitrogens with zero attached hydrogens (tertiary/aromatic N) is 2. The molecule has 0 aliphatic rings. The molecular formula is C12H10F3N3O2S. The normalized spacial score (nSPS) is 13.0. The molecule has 5 nitrogen and oxygen atoms in total. The monoisotopic (exact) mass is 317 g/mol. The van der Waals surface area contributed by atoms with Crippen molar-refractivity contribution in [1.82, 2.24) is 4.98 Å². The Labute approximate surface area is 121 Å². The third kappa shape index (κ3) is 3.48. The van der Waals surface area contributed by atoms with Crippen LogP contribution in [0.3, 0.4) is 0 Å². The fourth-order valence-corrected chi connectivity index (χ4v) is 2.40. The largest absolute Gasteiger partial charge is 0.418 e. The number of rotatable bonds is 4. The molecule has 2 rings (SSSR count). The minimum Gasteiger partial charge on any atom is -0.376 e. The summed E-state index contributed by atoms with van der Waals surface area (Å²) in [6.45, 7) is 1.67. The summed E-state index contributed by atoms with van der Waals surface area (Å²) in [6, 6.07) is 2.18. The smallest absolute Gasteiger partial charge is 0.376 e. The maximum absolute atomic E-state index is 13.0. The highest BCUT2D eigenvalue weighted by Crippen LogP contribution is 2.38. The van der Waals surface area contributed by atoms with Gasteiger partial charge < -0.3 is 5.32 Å². The predicted molar refractivity (Wildman–Crippen MR) is 72.3 cm³/mol. The summed E-state index contributed by atoms with van der Waals surface area (Å²) < 4.78 is 39.0. The molecule has 1 aromatic carbocycles. The van der Waals surface area contributed by atoms with Crippen molar-refractivity contribution < 1.29 is 18.1 Å². The molecule has 1 N–H and O–H groups in total. The van der Waals surface area contributed by atoms with Gasteiger partial charge in [0.15, 0.2) is 0 Å². The number of nitro groups is 1. The quantitative estimate of drug-likeness (QED) is 0.676. The topological polar surface area (TPSA) is 68.1 Å². The van der Waals surface area contributed by atoms with E-state index in [9.17, 15) is 23.3 Å². The molecule has 21 heavy (non-hydrogen) atoms. The number of aromatic nitrogens is 1. The Balaban J connectivity index is 2.36. The van der Waals surface area contributed by atoms with Gasteiger partial charge in [-0.3, -0.25) is 10.1 Å². The van der Waals surface area contributed by atoms with Gasteiger partial charge in [-0.15, -0.1) is 11.3 Å². The molecule has 1 aromatic heterocycles. The summed E-state index contributed by atoms with van der Waals surface area (Å²) in [7, 11) is 0. The Morgan fingerprint density at radius 3 is 2.67 bits per heavy atom. The van der Waals surface area contributed by atoms with Crippen molar-refractivity contribution in [2.24, 2.45) is 0 Å². The van der Waals surface area contributed by atoms with Gasteiger partial charge in [0.25, 0.3) is 5.69 Å². The van der Waals surface area contributed by atoms with Gasteiger partial charge in [-0.05, 0) is 13.0 Å². The van der Waals surface area contributed by atoms with Crippen LogP contribution in [-0.4, -0.2) is 9.91 Å². The summed E-state index contributed by atoms with van der Waals surface area (Å²) in [5.74, 6) is 0. The molecule has 0 fully saturated rings. The minimum atomic E-state index is -4.68. The molecule has 1 unspecified atom stereocenters. The molecule has 0 radical (unpaired) electrons. The number of thiazole rings is 1. The first kappa shape index (κ1) is 15.2. The average molecular weight is 317 g/mol. The van der Waals surface area contributed by atoms with E-state index < -0.39 is 28.4 Å². The first-order valence-electron chi connectivity index (χ1n) is 5.80. The van der Waals surface area contributed by atoms with Crippen LogP contribution >= 0.6 is 11.3 Å². The second-order valence-corrected chi connectivity index (χ2v) is 5.15. The standard InChI is InChI=1S/C12H10F3N3O2S/c1-7(11-16-4-5-21-11)17-10-3-2-8(18(19)20)6-9(10)12(13,14)15/h2-7,17H,1H3. The maximum atomic E-state index is 13.0. The number of non-ortho nitro benzene ring substituents is 1. The van der Waals surface area contributed by atoms with E-state index >= 15 is 0 Å². The Kier molecular flexibility index (Phi) is 4.12. The Bertz CT molecular complexity index is 644. The van der Waals surface area contributed by atoms with E-state index in [0.29, 0.717) is 11.1 Å². The predicted octanol–water partition coefficient (Wildman–Crippen LogP) is 4.24. The summed E-state index contributed by atoms with van der Waals surface area (Å²) in [5.41, 5.74) is -1.88. The Hall–Kier alpha value is -2.16. The highest BCUT2D eigenvalue weighted by atomic mass is 32.1. The Morgan fingerprint density at radius 2 is 2.14 bits per heavy atom. The number of benzene rings is 1. The first-order valence-corrected chi connectivity index (χ1v) is 6.68. The van der Waals surface area contributed by atoms with Crippen LogP contribution < -0.4 is 5.32 Å². The zero-order chi connectivity index (χ0) is 15.6. The molecule has 1 atom stereocenters. The first-order chi connectivity index (χ1) is 9.79. The lowest BCUT2D eigenvalue weighted by molar-refractivity contribution is -0.385. The molecule has 2 aromatic rings. The summed E-state index contributed by atoms with van der Waals surface area (Å²) in [5, 5.41) is 15.6. The number of nitro benzene ring substituents is 1. The SMILES string of the molecule is CC(Nc1ccc([N+](=O)[O-])cc1C(F)(F)F)c1nccs1. The fraction of sp³-hybridized carbons (Fsp3) is 0.250. The zero-order valence-electron chi connectivity index (χ0n) is 10.7. The van der Waals surface area contributed by atoms with Crippen LogP contribution in [0.5, 0.6) is 0 Å². The van der Waals surface area contributed by atoms with Gasteiger partial charge >= 0.3 is 6.18 Å². The van der Waals surface area contributed by atoms with Crippen molar-refractivity contribution in [3.63, 3.8) is 0 Å². The van der Waals surface area contributed by atoms with Crippen LogP contribution in [0.25, 0.3) is 0 Å². The van der Waals surface area contributed by atoms with Crippen molar-refractivity contribution in [3.05, 3.63) is 50.5 Å². The van der Waals surface area contributed by atoms with Crippen LogP contribution in [0, 0.1) is 10.1 Å². The van der Waals surface area contributed by atoms with Crippen molar-refractivity contribution in [2.45, 2.75) is 19.1 Å². The van der Waals surface area contributed by atoms with Crippen LogP contribution in [0.15, 0.2) is 29.8 Å². The number of alkyl halides is 3. The van der Waals surface area contributed by atoms with Crippen LogP contribution in [0.2, 0.25) is 0 Å². The van der Waals surface area contributed by atoms with Gasteiger partial charge in [-0.2, -0.15) is 13.2 Å². The second kappa shape index (κ2) is 5.68. The highest BCUT2D eigenvalue weighted by Gasteiger charge is 2.35. The molecule has 9 heteroatoms. The van der Waals surface area contributed by atoms with Gasteiger partial charge in [0, 0.05) is 29.4 Å². The van der Waals surface area contributed by atoms with Crippen LogP contribution in [-0.2, 0) is 6.18 Å². The van der Waals surface area contributed by atoms with Gasteiger partial charge in [0.1, 0.15) is 5.01 Å². The van der Waals surface area contributed by atoms with Crippen molar-refractivity contribution in [1.29, 1.82) is 0 Å². The molecule has 0 aliphatic carbocycles. The average Bonchev–Trinajstić information content (AvgIpc) is 2.91. The number of hydrogen-bond acceptors (Lipinski definition) is 5. The Morgan fingerprint density at radius 1 is 1.43 bits per heavy atom. The van der Waals surface area contributed by atoms with Gasteiger partial charge in [0.2, 0.25) is 0 Å². The third-order valence-corrected chi connectivity index (χ3v) is 3.67. The van der Waals surface area contributed by atoms with E-state index in [1.54, 1.807) is 18.5 Å². The van der Waals surface area contributed by atoms with Crippen molar-refractivity contribution >= 4 is 22.7 Å². The minimum absolute atomic E-state index is 0.212. The molecular weight excluding hydrogens is 307 g/mol. The molecule has 0 saturated heterocycles.